The van der Waals surface area contributed by atoms with Crippen LogP contribution in [0.4, 0.5) is 0 Å². The normalized spacial score (nSPS) is 11.8. The van der Waals surface area contributed by atoms with E-state index in [-0.39, 0.29) is 0 Å². The molecule has 540 valence electrons. The van der Waals surface area contributed by atoms with E-state index in [0.29, 0.717) is 23.3 Å². The highest BCUT2D eigenvalue weighted by molar-refractivity contribution is 6.28. The lowest BCUT2D eigenvalue weighted by Gasteiger charge is -2.15. The lowest BCUT2D eigenvalue weighted by atomic mass is 9.98. The van der Waals surface area contributed by atoms with Crippen molar-refractivity contribution in [3.05, 3.63) is 406 Å². The van der Waals surface area contributed by atoms with E-state index in [1.165, 1.54) is 81.3 Å². The molecule has 0 fully saturated rings. The minimum absolute atomic E-state index is 0.627. The van der Waals surface area contributed by atoms with E-state index in [2.05, 4.69) is 388 Å². The third kappa shape index (κ3) is 10.9. The SMILES string of the molecule is c1ccc(-c2nc(-c3ccc4ccccc4c3)cc(-c3cc(-n4c5ccccc5c5c4ccc4c6ccccc6n(-c6ccccc6)c45)cc4ccccc34)n2)cc1.c1ccc(-c2nc(-c3ccc4ccccc4c3)nc(-c3cc(-n4c5ccccc5c5c4ccc4c6ccccc6n(-c6ccccc6)c45)cc4ccccc34)n2)cc1. The van der Waals surface area contributed by atoms with Gasteiger partial charge in [-0.25, -0.2) is 24.9 Å². The van der Waals surface area contributed by atoms with Crippen LogP contribution in [0.2, 0.25) is 0 Å². The van der Waals surface area contributed by atoms with Crippen LogP contribution in [-0.2, 0) is 0 Å². The molecule has 0 radical (unpaired) electrons. The molecule has 9 heteroatoms. The Balaban J connectivity index is 0.000000137. The highest BCUT2D eigenvalue weighted by Gasteiger charge is 2.26. The Kier molecular flexibility index (Phi) is 15.4. The average Bonchev–Trinajstić information content (AvgIpc) is 1.55. The number of fused-ring (bicyclic) bond motifs is 18. The fraction of sp³-hybridized carbons (Fsp3) is 0. The Labute approximate surface area is 666 Å². The molecule has 6 aromatic heterocycles. The highest BCUT2D eigenvalue weighted by atomic mass is 15.1. The van der Waals surface area contributed by atoms with Gasteiger partial charge in [-0.05, 0) is 146 Å². The van der Waals surface area contributed by atoms with Gasteiger partial charge in [0.15, 0.2) is 23.3 Å². The van der Waals surface area contributed by atoms with Gasteiger partial charge in [-0.2, -0.15) is 0 Å². The van der Waals surface area contributed by atoms with Gasteiger partial charge in [0, 0.05) is 99.2 Å². The second-order valence-corrected chi connectivity index (χ2v) is 29.8. The van der Waals surface area contributed by atoms with Crippen LogP contribution in [0.25, 0.3) is 221 Å². The molecule has 0 amide bonds. The number of aromatic nitrogens is 9. The fourth-order valence-electron chi connectivity index (χ4n) is 18.0. The molecule has 116 heavy (non-hydrogen) atoms. The van der Waals surface area contributed by atoms with Gasteiger partial charge in [-0.15, -0.1) is 0 Å². The van der Waals surface area contributed by atoms with E-state index in [4.69, 9.17) is 24.9 Å². The van der Waals surface area contributed by atoms with E-state index < -0.39 is 0 Å². The Morgan fingerprint density at radius 1 is 0.164 bits per heavy atom. The van der Waals surface area contributed by atoms with E-state index in [1.807, 2.05) is 36.4 Å². The summed E-state index contributed by atoms with van der Waals surface area (Å²) in [5.41, 5.74) is 21.4. The van der Waals surface area contributed by atoms with Crippen molar-refractivity contribution in [3.63, 3.8) is 0 Å². The van der Waals surface area contributed by atoms with Gasteiger partial charge in [0.05, 0.1) is 55.5 Å². The van der Waals surface area contributed by atoms with Crippen molar-refractivity contribution in [1.82, 2.24) is 43.2 Å². The van der Waals surface area contributed by atoms with Crippen LogP contribution in [0.3, 0.4) is 0 Å². The Hall–Kier alpha value is -15.7. The minimum Gasteiger partial charge on any atom is -0.309 e. The summed E-state index contributed by atoms with van der Waals surface area (Å²) < 4.78 is 9.73. The monoisotopic (exact) mass is 1480 g/mol. The predicted molar refractivity (Wildman–Crippen MR) is 482 cm³/mol. The highest BCUT2D eigenvalue weighted by Crippen LogP contribution is 2.47. The molecule has 0 N–H and O–H groups in total. The molecule has 0 aliphatic carbocycles. The van der Waals surface area contributed by atoms with Gasteiger partial charge in [0.2, 0.25) is 0 Å². The molecule has 0 unspecified atom stereocenters. The van der Waals surface area contributed by atoms with Crippen LogP contribution in [0.1, 0.15) is 0 Å². The first-order valence-electron chi connectivity index (χ1n) is 39.4. The van der Waals surface area contributed by atoms with Crippen LogP contribution >= 0.6 is 0 Å². The van der Waals surface area contributed by atoms with E-state index in [9.17, 15) is 0 Å². The number of hydrogen-bond donors (Lipinski definition) is 0. The zero-order valence-electron chi connectivity index (χ0n) is 62.7. The zero-order chi connectivity index (χ0) is 76.3. The van der Waals surface area contributed by atoms with Gasteiger partial charge in [-0.1, -0.05) is 303 Å². The van der Waals surface area contributed by atoms with Crippen molar-refractivity contribution < 1.29 is 0 Å². The Bertz CT molecular complexity index is 7600. The number of para-hydroxylation sites is 6. The maximum atomic E-state index is 5.35. The lowest BCUT2D eigenvalue weighted by Crippen LogP contribution is -2.02. The summed E-state index contributed by atoms with van der Waals surface area (Å²) in [4.78, 5) is 26.2. The van der Waals surface area contributed by atoms with Crippen LogP contribution in [0.15, 0.2) is 406 Å². The standard InChI is InChI=1S/C54H34N4.C53H33N5/c1-3-16-36(17-4-1)54-55-47(39-28-27-35-15-7-8-18-37(35)31-39)34-48(56-54)46-33-41(32-38-19-9-10-22-42(38)46)57-50-26-14-12-24-45(50)52-51(57)30-29-44-43-23-11-13-25-49(43)58(53(44)52)40-20-5-2-6-21-40;1-3-16-35(17-4-1)51-54-52(38-28-27-34-15-7-8-18-36(34)31-38)56-53(55-51)45-33-40(32-37-19-9-10-22-41(37)45)57-47-26-14-12-24-44(47)49-48(57)30-29-43-42-23-11-13-25-46(42)58(50(43)49)39-20-5-2-6-21-39/h1-34H;1-33H. The largest absolute Gasteiger partial charge is 0.309 e. The molecule has 0 saturated heterocycles. The summed E-state index contributed by atoms with van der Waals surface area (Å²) in [5, 5.41) is 19.0. The maximum Gasteiger partial charge on any atom is 0.164 e. The molecule has 6 heterocycles. The van der Waals surface area contributed by atoms with Crippen molar-refractivity contribution in [3.8, 4) is 90.8 Å². The smallest absolute Gasteiger partial charge is 0.164 e. The minimum atomic E-state index is 0.627. The summed E-state index contributed by atoms with van der Waals surface area (Å²) in [6.07, 6.45) is 0. The summed E-state index contributed by atoms with van der Waals surface area (Å²) >= 11 is 0. The Morgan fingerprint density at radius 3 is 1.02 bits per heavy atom. The van der Waals surface area contributed by atoms with Crippen LogP contribution in [-0.4, -0.2) is 43.2 Å². The first-order chi connectivity index (χ1) is 57.5. The second kappa shape index (κ2) is 27.1. The van der Waals surface area contributed by atoms with Crippen LogP contribution in [0, 0.1) is 0 Å². The molecular formula is C107H67N9. The maximum absolute atomic E-state index is 5.35. The molecular weight excluding hydrogens is 1410 g/mol. The molecule has 0 aliphatic rings. The van der Waals surface area contributed by atoms with Crippen molar-refractivity contribution in [1.29, 1.82) is 0 Å². The van der Waals surface area contributed by atoms with Crippen LogP contribution < -0.4 is 0 Å². The third-order valence-corrected chi connectivity index (χ3v) is 23.2. The quantitative estimate of drug-likeness (QED) is 0.136. The summed E-state index contributed by atoms with van der Waals surface area (Å²) in [6, 6.07) is 145. The van der Waals surface area contributed by atoms with Gasteiger partial charge < -0.3 is 18.3 Å². The van der Waals surface area contributed by atoms with Gasteiger partial charge >= 0.3 is 0 Å². The second-order valence-electron chi connectivity index (χ2n) is 29.8. The number of hydrogen-bond acceptors (Lipinski definition) is 5. The molecule has 0 aliphatic heterocycles. The van der Waals surface area contributed by atoms with Crippen molar-refractivity contribution in [2.45, 2.75) is 0 Å². The first-order valence-corrected chi connectivity index (χ1v) is 39.4. The lowest BCUT2D eigenvalue weighted by molar-refractivity contribution is 1.07. The zero-order valence-corrected chi connectivity index (χ0v) is 62.7. The van der Waals surface area contributed by atoms with Gasteiger partial charge in [-0.3, -0.25) is 0 Å². The number of benzene rings is 18. The summed E-state index contributed by atoms with van der Waals surface area (Å²) in [6.45, 7) is 0. The van der Waals surface area contributed by atoms with E-state index in [1.54, 1.807) is 0 Å². The van der Waals surface area contributed by atoms with E-state index >= 15 is 0 Å². The fourth-order valence-corrected chi connectivity index (χ4v) is 18.0. The van der Waals surface area contributed by atoms with Crippen molar-refractivity contribution in [2.24, 2.45) is 0 Å². The molecule has 24 rings (SSSR count). The molecule has 9 nitrogen and oxygen atoms in total. The molecule has 0 saturated carbocycles. The van der Waals surface area contributed by atoms with Crippen molar-refractivity contribution >= 4 is 130 Å². The first kappa shape index (κ1) is 66.1. The molecule has 24 aromatic rings. The van der Waals surface area contributed by atoms with Crippen molar-refractivity contribution in [2.75, 3.05) is 0 Å². The number of rotatable bonds is 10. The third-order valence-electron chi connectivity index (χ3n) is 23.2. The summed E-state index contributed by atoms with van der Waals surface area (Å²) in [7, 11) is 0. The van der Waals surface area contributed by atoms with Crippen LogP contribution in [0.5, 0.6) is 0 Å². The molecule has 0 bridgehead atoms. The summed E-state index contributed by atoms with van der Waals surface area (Å²) in [5.74, 6) is 2.60. The average molecular weight is 1480 g/mol. The predicted octanol–water partition coefficient (Wildman–Crippen LogP) is 27.4. The molecule has 0 spiro atoms. The molecule has 18 aromatic carbocycles. The van der Waals surface area contributed by atoms with Gasteiger partial charge in [0.25, 0.3) is 0 Å². The molecule has 0 atom stereocenters. The van der Waals surface area contributed by atoms with Gasteiger partial charge in [0.1, 0.15) is 0 Å². The topological polar surface area (TPSA) is 84.2 Å². The Morgan fingerprint density at radius 2 is 0.517 bits per heavy atom. The number of nitrogens with zero attached hydrogens (tertiary/aromatic N) is 9. The van der Waals surface area contributed by atoms with E-state index in [0.717, 1.165) is 117 Å².